The van der Waals surface area contributed by atoms with Crippen molar-refractivity contribution in [3.05, 3.63) is 69.7 Å². The predicted octanol–water partition coefficient (Wildman–Crippen LogP) is 5.11. The Kier molecular flexibility index (Phi) is 4.99. The molecule has 5 rings (SSSR count). The first-order valence-electron chi connectivity index (χ1n) is 10.0. The van der Waals surface area contributed by atoms with E-state index < -0.39 is 35.3 Å². The molecule has 0 aromatic heterocycles. The molecule has 1 spiro atoms. The van der Waals surface area contributed by atoms with E-state index in [-0.39, 0.29) is 33.0 Å². The summed E-state index contributed by atoms with van der Waals surface area (Å²) in [6, 6.07) is 6.06. The van der Waals surface area contributed by atoms with Gasteiger partial charge in [0, 0.05) is 43.0 Å². The molecule has 0 radical (unpaired) electrons. The number of allylic oxidation sites excluding steroid dienone is 2. The fourth-order valence-corrected chi connectivity index (χ4v) is 4.94. The summed E-state index contributed by atoms with van der Waals surface area (Å²) in [6.07, 6.45) is 7.29. The van der Waals surface area contributed by atoms with Crippen molar-refractivity contribution in [3.63, 3.8) is 0 Å². The molecule has 3 aliphatic rings. The van der Waals surface area contributed by atoms with E-state index in [9.17, 15) is 14.4 Å². The number of fused-ring (bicyclic) bond motifs is 6. The Morgan fingerprint density at radius 2 is 1.39 bits per heavy atom. The minimum atomic E-state index is -1.32. The molecule has 168 valence electrons. The lowest BCUT2D eigenvalue weighted by molar-refractivity contribution is -0.148. The average Bonchev–Trinajstić information content (AvgIpc) is 3.04. The van der Waals surface area contributed by atoms with Gasteiger partial charge in [-0.1, -0.05) is 47.5 Å². The zero-order valence-corrected chi connectivity index (χ0v) is 18.9. The fourth-order valence-electron chi connectivity index (χ4n) is 4.53. The van der Waals surface area contributed by atoms with Crippen LogP contribution in [0, 0.1) is 11.8 Å². The van der Waals surface area contributed by atoms with Crippen LogP contribution in [-0.2, 0) is 24.7 Å². The third-order valence-electron chi connectivity index (χ3n) is 5.73. The molecule has 33 heavy (non-hydrogen) atoms. The minimum Gasteiger partial charge on any atom is -0.456 e. The Morgan fingerprint density at radius 3 is 1.91 bits per heavy atom. The number of esters is 3. The van der Waals surface area contributed by atoms with Crippen molar-refractivity contribution in [3.8, 4) is 23.0 Å². The summed E-state index contributed by atoms with van der Waals surface area (Å²) in [5.41, 5.74) is -0.357. The zero-order chi connectivity index (χ0) is 23.5. The normalized spacial score (nSPS) is 20.9. The van der Waals surface area contributed by atoms with Gasteiger partial charge in [-0.3, -0.25) is 14.4 Å². The molecule has 0 amide bonds. The maximum atomic E-state index is 12.9. The lowest BCUT2D eigenvalue weighted by Crippen LogP contribution is -2.37. The van der Waals surface area contributed by atoms with Gasteiger partial charge in [0.25, 0.3) is 0 Å². The van der Waals surface area contributed by atoms with Crippen molar-refractivity contribution >= 4 is 41.1 Å². The topological polar surface area (TPSA) is 88.1 Å². The van der Waals surface area contributed by atoms with E-state index in [0.717, 1.165) is 0 Å². The Balaban J connectivity index is 1.78. The van der Waals surface area contributed by atoms with Gasteiger partial charge in [-0.15, -0.1) is 0 Å². The van der Waals surface area contributed by atoms with E-state index in [1.807, 2.05) is 12.2 Å². The lowest BCUT2D eigenvalue weighted by Gasteiger charge is -2.40. The summed E-state index contributed by atoms with van der Waals surface area (Å²) in [6.45, 7) is 2.51. The highest BCUT2D eigenvalue weighted by atomic mass is 35.5. The van der Waals surface area contributed by atoms with Gasteiger partial charge < -0.3 is 18.9 Å². The van der Waals surface area contributed by atoms with Crippen molar-refractivity contribution in [2.24, 2.45) is 11.8 Å². The number of benzene rings is 2. The molecule has 2 unspecified atom stereocenters. The molecule has 0 bridgehead atoms. The molecule has 1 saturated heterocycles. The Bertz CT molecular complexity index is 1220. The minimum absolute atomic E-state index is 0.0932. The Labute approximate surface area is 198 Å². The van der Waals surface area contributed by atoms with Gasteiger partial charge in [0.1, 0.15) is 11.5 Å². The third kappa shape index (κ3) is 3.31. The third-order valence-corrected chi connectivity index (χ3v) is 6.32. The molecule has 2 heterocycles. The number of carbonyl (C=O) groups excluding carboxylic acids is 3. The summed E-state index contributed by atoms with van der Waals surface area (Å²) >= 11 is 12.9. The van der Waals surface area contributed by atoms with Crippen LogP contribution < -0.4 is 14.2 Å². The van der Waals surface area contributed by atoms with E-state index in [4.69, 9.17) is 42.1 Å². The number of ether oxygens (including phenoxy) is 4. The first-order valence-corrected chi connectivity index (χ1v) is 10.8. The maximum Gasteiger partial charge on any atom is 0.314 e. The van der Waals surface area contributed by atoms with Crippen molar-refractivity contribution < 1.29 is 33.3 Å². The van der Waals surface area contributed by atoms with Crippen LogP contribution in [0.15, 0.2) is 48.6 Å². The number of rotatable bonds is 2. The first-order chi connectivity index (χ1) is 15.7. The Morgan fingerprint density at radius 1 is 0.879 bits per heavy atom. The molecule has 0 N–H and O–H groups in total. The molecule has 2 aromatic rings. The zero-order valence-electron chi connectivity index (χ0n) is 17.4. The van der Waals surface area contributed by atoms with E-state index in [0.29, 0.717) is 11.1 Å². The second-order valence-electron chi connectivity index (χ2n) is 7.83. The fraction of sp³-hybridized carbons (Fsp3) is 0.208. The highest BCUT2D eigenvalue weighted by molar-refractivity contribution is 6.32. The summed E-state index contributed by atoms with van der Waals surface area (Å²) in [7, 11) is 0. The molecule has 7 nitrogen and oxygen atoms in total. The van der Waals surface area contributed by atoms with Crippen LogP contribution in [-0.4, -0.2) is 17.9 Å². The van der Waals surface area contributed by atoms with Crippen LogP contribution in [0.25, 0.3) is 0 Å². The largest absolute Gasteiger partial charge is 0.456 e. The van der Waals surface area contributed by atoms with Gasteiger partial charge in [0.2, 0.25) is 0 Å². The second-order valence-corrected chi connectivity index (χ2v) is 8.64. The molecular weight excluding hydrogens is 471 g/mol. The highest BCUT2D eigenvalue weighted by Gasteiger charge is 2.60. The van der Waals surface area contributed by atoms with Gasteiger partial charge in [0.05, 0.1) is 16.0 Å². The van der Waals surface area contributed by atoms with E-state index in [2.05, 4.69) is 0 Å². The molecular formula is C24H16Cl2O7. The van der Waals surface area contributed by atoms with E-state index in [1.165, 1.54) is 26.0 Å². The van der Waals surface area contributed by atoms with Crippen LogP contribution in [0.2, 0.25) is 10.0 Å². The van der Waals surface area contributed by atoms with Crippen LogP contribution in [0.3, 0.4) is 0 Å². The predicted molar refractivity (Wildman–Crippen MR) is 118 cm³/mol. The van der Waals surface area contributed by atoms with Crippen LogP contribution in [0.5, 0.6) is 23.0 Å². The molecule has 2 atom stereocenters. The Hall–Kier alpha value is -3.29. The molecule has 2 aliphatic heterocycles. The molecule has 1 fully saturated rings. The lowest BCUT2D eigenvalue weighted by atomic mass is 9.70. The number of hydrogen-bond donors (Lipinski definition) is 0. The second kappa shape index (κ2) is 7.64. The van der Waals surface area contributed by atoms with Gasteiger partial charge in [0.15, 0.2) is 17.1 Å². The van der Waals surface area contributed by atoms with Gasteiger partial charge in [-0.25, -0.2) is 0 Å². The molecule has 0 saturated carbocycles. The van der Waals surface area contributed by atoms with E-state index in [1.54, 1.807) is 24.3 Å². The monoisotopic (exact) mass is 486 g/mol. The maximum absolute atomic E-state index is 12.9. The quantitative estimate of drug-likeness (QED) is 0.430. The number of carbonyl (C=O) groups is 3. The number of hydrogen-bond acceptors (Lipinski definition) is 7. The van der Waals surface area contributed by atoms with Crippen molar-refractivity contribution in [1.29, 1.82) is 0 Å². The number of halogens is 2. The van der Waals surface area contributed by atoms with Gasteiger partial charge >= 0.3 is 17.9 Å². The van der Waals surface area contributed by atoms with Crippen LogP contribution >= 0.6 is 23.2 Å². The van der Waals surface area contributed by atoms with E-state index >= 15 is 0 Å². The van der Waals surface area contributed by atoms with Crippen LogP contribution in [0.1, 0.15) is 25.0 Å². The summed E-state index contributed by atoms with van der Waals surface area (Å²) in [5.74, 6) is -1.76. The molecule has 9 heteroatoms. The smallest absolute Gasteiger partial charge is 0.314 e. The standard InChI is InChI=1S/C24H16Cl2O7/c1-11(27)30-21-9-19-15(7-17(21)25)24(14-6-4-3-5-13(14)23(29)33-24)16-8-18(26)22(31-12(2)28)10-20(16)32-19/h3-10,13-14H,1-2H3. The van der Waals surface area contributed by atoms with Crippen molar-refractivity contribution in [1.82, 2.24) is 0 Å². The summed E-state index contributed by atoms with van der Waals surface area (Å²) in [4.78, 5) is 36.0. The molecule has 2 aromatic carbocycles. The molecule has 1 aliphatic carbocycles. The van der Waals surface area contributed by atoms with Crippen molar-refractivity contribution in [2.45, 2.75) is 19.4 Å². The van der Waals surface area contributed by atoms with Crippen LogP contribution in [0.4, 0.5) is 0 Å². The average molecular weight is 487 g/mol. The summed E-state index contributed by atoms with van der Waals surface area (Å²) < 4.78 is 22.6. The summed E-state index contributed by atoms with van der Waals surface area (Å²) in [5, 5.41) is 0.292. The first kappa shape index (κ1) is 21.6. The van der Waals surface area contributed by atoms with Gasteiger partial charge in [-0.2, -0.15) is 0 Å². The highest BCUT2D eigenvalue weighted by Crippen LogP contribution is 2.61. The SMILES string of the molecule is CC(=O)Oc1cc2c(cc1Cl)C1(OC(=O)C3C=CC=CC31)c1cc(Cl)c(OC(C)=O)cc1O2. The van der Waals surface area contributed by atoms with Crippen molar-refractivity contribution in [2.75, 3.05) is 0 Å². The van der Waals surface area contributed by atoms with Gasteiger partial charge in [-0.05, 0) is 12.1 Å².